The van der Waals surface area contributed by atoms with Crippen LogP contribution in [0.3, 0.4) is 0 Å². The second-order valence-corrected chi connectivity index (χ2v) is 7.87. The van der Waals surface area contributed by atoms with Gasteiger partial charge in [-0.05, 0) is 42.6 Å². The Morgan fingerprint density at radius 3 is 3.07 bits per heavy atom. The van der Waals surface area contributed by atoms with E-state index in [2.05, 4.69) is 20.6 Å². The van der Waals surface area contributed by atoms with Crippen molar-refractivity contribution in [3.8, 4) is 6.07 Å². The van der Waals surface area contributed by atoms with Gasteiger partial charge >= 0.3 is 0 Å². The fourth-order valence-electron chi connectivity index (χ4n) is 4.03. The third-order valence-corrected chi connectivity index (χ3v) is 5.81. The van der Waals surface area contributed by atoms with Gasteiger partial charge in [-0.15, -0.1) is 5.10 Å². The van der Waals surface area contributed by atoms with E-state index >= 15 is 0 Å². The molecule has 140 valence electrons. The summed E-state index contributed by atoms with van der Waals surface area (Å²) in [7, 11) is 0. The van der Waals surface area contributed by atoms with Crippen molar-refractivity contribution < 1.29 is 9.53 Å². The van der Waals surface area contributed by atoms with Crippen LogP contribution in [0.4, 0.5) is 5.69 Å². The van der Waals surface area contributed by atoms with E-state index in [0.29, 0.717) is 31.0 Å². The molecule has 1 unspecified atom stereocenters. The fraction of sp³-hybridized carbons (Fsp3) is 0.474. The summed E-state index contributed by atoms with van der Waals surface area (Å²) in [6.07, 6.45) is 1.96. The predicted molar refractivity (Wildman–Crippen MR) is 102 cm³/mol. The molecule has 2 fully saturated rings. The largest absolute Gasteiger partial charge is 0.379 e. The summed E-state index contributed by atoms with van der Waals surface area (Å²) in [5.74, 6) is -0.0508. The lowest BCUT2D eigenvalue weighted by Crippen LogP contribution is -2.52. The second kappa shape index (κ2) is 7.62. The molecule has 2 aliphatic heterocycles. The highest BCUT2D eigenvalue weighted by Gasteiger charge is 2.40. The van der Waals surface area contributed by atoms with Crippen LogP contribution in [0.25, 0.3) is 0 Å². The highest BCUT2D eigenvalue weighted by molar-refractivity contribution is 7.03. The monoisotopic (exact) mass is 383 g/mol. The second-order valence-electron chi connectivity index (χ2n) is 7.26. The fourth-order valence-corrected chi connectivity index (χ4v) is 4.46. The molecule has 1 spiro atoms. The number of aromatic nitrogens is 2. The van der Waals surface area contributed by atoms with Crippen molar-refractivity contribution in [2.45, 2.75) is 12.8 Å². The highest BCUT2D eigenvalue weighted by atomic mass is 32.1. The van der Waals surface area contributed by atoms with Crippen LogP contribution in [-0.2, 0) is 4.74 Å². The number of hydrogen-bond acceptors (Lipinski definition) is 7. The standard InChI is InChI=1S/C19H21N5O2S/c20-10-15-3-1-4-16(9-15)23-7-8-26-14-19(12-23)5-2-6-24(13-19)18(25)17-11-27-22-21-17/h1,3-4,9,11H,2,5-8,12-14H2. The lowest BCUT2D eigenvalue weighted by Gasteiger charge is -2.43. The summed E-state index contributed by atoms with van der Waals surface area (Å²) in [4.78, 5) is 16.9. The van der Waals surface area contributed by atoms with E-state index in [1.54, 1.807) is 5.38 Å². The van der Waals surface area contributed by atoms with E-state index in [1.807, 2.05) is 29.2 Å². The minimum Gasteiger partial charge on any atom is -0.379 e. The van der Waals surface area contributed by atoms with Crippen LogP contribution in [0.5, 0.6) is 0 Å². The molecule has 0 aliphatic carbocycles. The number of amides is 1. The first-order chi connectivity index (χ1) is 13.2. The minimum atomic E-state index is -0.115. The van der Waals surface area contributed by atoms with Crippen LogP contribution in [0.15, 0.2) is 29.6 Å². The van der Waals surface area contributed by atoms with Crippen molar-refractivity contribution in [2.75, 3.05) is 44.3 Å². The Morgan fingerprint density at radius 2 is 2.26 bits per heavy atom. The number of hydrogen-bond donors (Lipinski definition) is 0. The molecule has 2 aliphatic rings. The zero-order chi connectivity index (χ0) is 18.7. The van der Waals surface area contributed by atoms with E-state index in [-0.39, 0.29) is 11.3 Å². The first kappa shape index (κ1) is 17.9. The molecule has 1 amide bonds. The van der Waals surface area contributed by atoms with Crippen LogP contribution in [0, 0.1) is 16.7 Å². The molecule has 0 N–H and O–H groups in total. The van der Waals surface area contributed by atoms with Crippen molar-refractivity contribution >= 4 is 23.1 Å². The van der Waals surface area contributed by atoms with Gasteiger partial charge in [-0.2, -0.15) is 5.26 Å². The number of carbonyl (C=O) groups excluding carboxylic acids is 1. The van der Waals surface area contributed by atoms with E-state index < -0.39 is 0 Å². The minimum absolute atomic E-state index is 0.0508. The number of anilines is 1. The van der Waals surface area contributed by atoms with Gasteiger partial charge in [-0.3, -0.25) is 4.79 Å². The molecule has 8 heteroatoms. The Hall–Kier alpha value is -2.50. The molecular formula is C19H21N5O2S. The summed E-state index contributed by atoms with van der Waals surface area (Å²) < 4.78 is 9.75. The van der Waals surface area contributed by atoms with Crippen LogP contribution >= 0.6 is 11.5 Å². The molecular weight excluding hydrogens is 362 g/mol. The summed E-state index contributed by atoms with van der Waals surface area (Å²) in [5, 5.41) is 14.8. The predicted octanol–water partition coefficient (Wildman–Crippen LogP) is 2.17. The Bertz CT molecular complexity index is 850. The first-order valence-electron chi connectivity index (χ1n) is 9.08. The summed E-state index contributed by atoms with van der Waals surface area (Å²) in [6, 6.07) is 9.90. The van der Waals surface area contributed by atoms with Gasteiger partial charge in [0, 0.05) is 42.7 Å². The van der Waals surface area contributed by atoms with Gasteiger partial charge in [-0.1, -0.05) is 10.6 Å². The first-order valence-corrected chi connectivity index (χ1v) is 9.92. The van der Waals surface area contributed by atoms with Gasteiger partial charge in [0.2, 0.25) is 0 Å². The quantitative estimate of drug-likeness (QED) is 0.790. The van der Waals surface area contributed by atoms with Gasteiger partial charge < -0.3 is 14.5 Å². The van der Waals surface area contributed by atoms with Gasteiger partial charge in [0.15, 0.2) is 5.69 Å². The number of nitrogens with zero attached hydrogens (tertiary/aromatic N) is 5. The van der Waals surface area contributed by atoms with Gasteiger partial charge in [0.25, 0.3) is 5.91 Å². The number of nitriles is 1. The molecule has 0 saturated carbocycles. The number of carbonyl (C=O) groups is 1. The molecule has 2 aromatic rings. The Labute approximate surface area is 162 Å². The average molecular weight is 383 g/mol. The van der Waals surface area contributed by atoms with Crippen molar-refractivity contribution in [2.24, 2.45) is 5.41 Å². The SMILES string of the molecule is N#Cc1cccc(N2CCOCC3(CCCN(C(=O)c4csnn4)C3)C2)c1. The maximum Gasteiger partial charge on any atom is 0.275 e. The van der Waals surface area contributed by atoms with E-state index in [1.165, 1.54) is 11.5 Å². The van der Waals surface area contributed by atoms with Crippen LogP contribution in [-0.4, -0.2) is 59.8 Å². The molecule has 0 bridgehead atoms. The number of rotatable bonds is 2. The maximum atomic E-state index is 12.7. The number of piperidine rings is 1. The Kier molecular flexibility index (Phi) is 5.05. The van der Waals surface area contributed by atoms with Gasteiger partial charge in [-0.25, -0.2) is 0 Å². The zero-order valence-corrected chi connectivity index (χ0v) is 15.8. The summed E-state index contributed by atoms with van der Waals surface area (Å²) >= 11 is 1.20. The van der Waals surface area contributed by atoms with Crippen molar-refractivity contribution in [3.63, 3.8) is 0 Å². The highest BCUT2D eigenvalue weighted by Crippen LogP contribution is 2.35. The number of ether oxygens (including phenoxy) is 1. The molecule has 2 saturated heterocycles. The molecule has 3 heterocycles. The van der Waals surface area contributed by atoms with Crippen LogP contribution < -0.4 is 4.90 Å². The molecule has 1 aromatic carbocycles. The molecule has 1 aromatic heterocycles. The third kappa shape index (κ3) is 3.80. The Morgan fingerprint density at radius 1 is 1.33 bits per heavy atom. The van der Waals surface area contributed by atoms with Gasteiger partial charge in [0.1, 0.15) is 0 Å². The number of benzene rings is 1. The maximum absolute atomic E-state index is 12.7. The molecule has 1 atom stereocenters. The van der Waals surface area contributed by atoms with Crippen molar-refractivity contribution in [3.05, 3.63) is 40.9 Å². The van der Waals surface area contributed by atoms with Crippen LogP contribution in [0.2, 0.25) is 0 Å². The summed E-state index contributed by atoms with van der Waals surface area (Å²) in [5.41, 5.74) is 2.00. The van der Waals surface area contributed by atoms with Crippen molar-refractivity contribution in [1.29, 1.82) is 5.26 Å². The van der Waals surface area contributed by atoms with Crippen LogP contribution in [0.1, 0.15) is 28.9 Å². The molecule has 4 rings (SSSR count). The van der Waals surface area contributed by atoms with Gasteiger partial charge in [0.05, 0.1) is 24.8 Å². The number of likely N-dealkylation sites (tertiary alicyclic amines) is 1. The average Bonchev–Trinajstić information content (AvgIpc) is 3.17. The molecule has 27 heavy (non-hydrogen) atoms. The third-order valence-electron chi connectivity index (χ3n) is 5.31. The Balaban J connectivity index is 1.55. The smallest absolute Gasteiger partial charge is 0.275 e. The lowest BCUT2D eigenvalue weighted by atomic mass is 9.80. The molecule has 7 nitrogen and oxygen atoms in total. The lowest BCUT2D eigenvalue weighted by molar-refractivity contribution is 0.0133. The van der Waals surface area contributed by atoms with E-state index in [9.17, 15) is 10.1 Å². The zero-order valence-electron chi connectivity index (χ0n) is 15.0. The summed E-state index contributed by atoms with van der Waals surface area (Å²) in [6.45, 7) is 4.25. The normalized spacial score (nSPS) is 23.1. The van der Waals surface area contributed by atoms with E-state index in [4.69, 9.17) is 4.74 Å². The molecule has 0 radical (unpaired) electrons. The van der Waals surface area contributed by atoms with Crippen molar-refractivity contribution in [1.82, 2.24) is 14.5 Å². The van der Waals surface area contributed by atoms with E-state index in [0.717, 1.165) is 38.2 Å². The topological polar surface area (TPSA) is 82.4 Å².